The van der Waals surface area contributed by atoms with Crippen molar-refractivity contribution in [1.82, 2.24) is 5.32 Å². The van der Waals surface area contributed by atoms with Crippen molar-refractivity contribution in [2.75, 3.05) is 5.88 Å². The Morgan fingerprint density at radius 2 is 2.29 bits per heavy atom. The predicted molar refractivity (Wildman–Crippen MR) is 67.4 cm³/mol. The molecular formula is C13H18ClNO2. The van der Waals surface area contributed by atoms with Crippen molar-refractivity contribution >= 4 is 17.5 Å². The average Bonchev–Trinajstić information content (AvgIpc) is 2.76. The fourth-order valence-electron chi connectivity index (χ4n) is 2.45. The topological polar surface area (TPSA) is 42.2 Å². The van der Waals surface area contributed by atoms with Gasteiger partial charge in [0.25, 0.3) is 5.91 Å². The number of alkyl halides is 1. The SMILES string of the molecule is Cc1occc1C(=O)NC1CCCCC1CCl. The molecule has 0 bridgehead atoms. The number of carbonyl (C=O) groups is 1. The van der Waals surface area contributed by atoms with Crippen LogP contribution >= 0.6 is 11.6 Å². The molecule has 1 fully saturated rings. The van der Waals surface area contributed by atoms with E-state index in [2.05, 4.69) is 5.32 Å². The van der Waals surface area contributed by atoms with E-state index in [1.807, 2.05) is 0 Å². The monoisotopic (exact) mass is 255 g/mol. The van der Waals surface area contributed by atoms with E-state index in [1.54, 1.807) is 19.3 Å². The molecule has 0 radical (unpaired) electrons. The second-order valence-corrected chi connectivity index (χ2v) is 4.98. The van der Waals surface area contributed by atoms with Gasteiger partial charge in [-0.3, -0.25) is 4.79 Å². The molecule has 1 N–H and O–H groups in total. The zero-order valence-electron chi connectivity index (χ0n) is 10.0. The quantitative estimate of drug-likeness (QED) is 0.844. The molecule has 2 rings (SSSR count). The summed E-state index contributed by atoms with van der Waals surface area (Å²) in [6.07, 6.45) is 6.07. The number of amides is 1. The first-order chi connectivity index (χ1) is 8.22. The van der Waals surface area contributed by atoms with Crippen LogP contribution in [-0.4, -0.2) is 17.8 Å². The van der Waals surface area contributed by atoms with Crippen LogP contribution in [0.2, 0.25) is 0 Å². The molecule has 3 nitrogen and oxygen atoms in total. The summed E-state index contributed by atoms with van der Waals surface area (Å²) in [5, 5.41) is 3.08. The third-order valence-corrected chi connectivity index (χ3v) is 3.92. The molecule has 4 heteroatoms. The Morgan fingerprint density at radius 3 is 2.94 bits per heavy atom. The Balaban J connectivity index is 2.00. The number of rotatable bonds is 3. The maximum absolute atomic E-state index is 12.0. The Morgan fingerprint density at radius 1 is 1.53 bits per heavy atom. The summed E-state index contributed by atoms with van der Waals surface area (Å²) in [5.74, 6) is 1.65. The highest BCUT2D eigenvalue weighted by molar-refractivity contribution is 6.18. The molecule has 17 heavy (non-hydrogen) atoms. The first kappa shape index (κ1) is 12.5. The van der Waals surface area contributed by atoms with Crippen molar-refractivity contribution in [1.29, 1.82) is 0 Å². The molecule has 0 spiro atoms. The molecule has 0 saturated heterocycles. The van der Waals surface area contributed by atoms with E-state index < -0.39 is 0 Å². The predicted octanol–water partition coefficient (Wildman–Crippen LogP) is 3.12. The molecule has 1 heterocycles. The van der Waals surface area contributed by atoms with Gasteiger partial charge in [0.2, 0.25) is 0 Å². The maximum Gasteiger partial charge on any atom is 0.255 e. The maximum atomic E-state index is 12.0. The fourth-order valence-corrected chi connectivity index (χ4v) is 2.82. The molecule has 1 aliphatic rings. The van der Waals surface area contributed by atoms with Crippen LogP contribution in [0.1, 0.15) is 41.8 Å². The van der Waals surface area contributed by atoms with Gasteiger partial charge in [0.05, 0.1) is 11.8 Å². The number of furan rings is 1. The number of hydrogen-bond donors (Lipinski definition) is 1. The van der Waals surface area contributed by atoms with Crippen molar-refractivity contribution in [3.63, 3.8) is 0 Å². The zero-order chi connectivity index (χ0) is 12.3. The normalized spacial score (nSPS) is 24.6. The third-order valence-electron chi connectivity index (χ3n) is 3.53. The summed E-state index contributed by atoms with van der Waals surface area (Å²) in [6.45, 7) is 1.80. The summed E-state index contributed by atoms with van der Waals surface area (Å²) in [5.41, 5.74) is 0.629. The minimum Gasteiger partial charge on any atom is -0.469 e. The summed E-state index contributed by atoms with van der Waals surface area (Å²) in [7, 11) is 0. The molecule has 1 aliphatic carbocycles. The van der Waals surface area contributed by atoms with E-state index in [0.717, 1.165) is 12.8 Å². The molecule has 0 aromatic carbocycles. The molecule has 1 aromatic heterocycles. The Labute approximate surface area is 107 Å². The second kappa shape index (κ2) is 5.58. The Bertz CT molecular complexity index is 389. The van der Waals surface area contributed by atoms with Gasteiger partial charge in [0, 0.05) is 11.9 Å². The van der Waals surface area contributed by atoms with Crippen LogP contribution < -0.4 is 5.32 Å². The average molecular weight is 256 g/mol. The number of hydrogen-bond acceptors (Lipinski definition) is 2. The molecule has 1 saturated carbocycles. The lowest BCUT2D eigenvalue weighted by molar-refractivity contribution is 0.0909. The van der Waals surface area contributed by atoms with Crippen LogP contribution in [0.5, 0.6) is 0 Å². The van der Waals surface area contributed by atoms with Crippen LogP contribution in [0.15, 0.2) is 16.7 Å². The lowest BCUT2D eigenvalue weighted by atomic mass is 9.85. The molecule has 1 aromatic rings. The smallest absolute Gasteiger partial charge is 0.255 e. The first-order valence-corrected chi connectivity index (χ1v) is 6.66. The van der Waals surface area contributed by atoms with Crippen molar-refractivity contribution < 1.29 is 9.21 Å². The minimum absolute atomic E-state index is 0.0433. The number of aryl methyl sites for hydroxylation is 1. The first-order valence-electron chi connectivity index (χ1n) is 6.13. The lowest BCUT2D eigenvalue weighted by Crippen LogP contribution is -2.42. The Kier molecular flexibility index (Phi) is 4.11. The summed E-state index contributed by atoms with van der Waals surface area (Å²) in [4.78, 5) is 12.0. The second-order valence-electron chi connectivity index (χ2n) is 4.67. The minimum atomic E-state index is -0.0433. The largest absolute Gasteiger partial charge is 0.469 e. The van der Waals surface area contributed by atoms with Crippen LogP contribution in [0, 0.1) is 12.8 Å². The van der Waals surface area contributed by atoms with Crippen LogP contribution in [0.4, 0.5) is 0 Å². The van der Waals surface area contributed by atoms with E-state index in [9.17, 15) is 4.79 Å². The van der Waals surface area contributed by atoms with E-state index in [0.29, 0.717) is 23.1 Å². The summed E-state index contributed by atoms with van der Waals surface area (Å²) < 4.78 is 5.14. The van der Waals surface area contributed by atoms with Crippen molar-refractivity contribution in [2.45, 2.75) is 38.6 Å². The summed E-state index contributed by atoms with van der Waals surface area (Å²) >= 11 is 5.94. The van der Waals surface area contributed by atoms with Gasteiger partial charge in [-0.05, 0) is 31.7 Å². The number of halogens is 1. The summed E-state index contributed by atoms with van der Waals surface area (Å²) in [6, 6.07) is 1.92. The van der Waals surface area contributed by atoms with Crippen molar-refractivity contribution in [2.24, 2.45) is 5.92 Å². The third kappa shape index (κ3) is 2.83. The molecule has 2 unspecified atom stereocenters. The van der Waals surface area contributed by atoms with Crippen LogP contribution in [0.25, 0.3) is 0 Å². The van der Waals surface area contributed by atoms with Crippen molar-refractivity contribution in [3.05, 3.63) is 23.7 Å². The molecule has 2 atom stereocenters. The van der Waals surface area contributed by atoms with E-state index in [4.69, 9.17) is 16.0 Å². The van der Waals surface area contributed by atoms with E-state index >= 15 is 0 Å². The van der Waals surface area contributed by atoms with Crippen LogP contribution in [0.3, 0.4) is 0 Å². The molecule has 94 valence electrons. The molecular weight excluding hydrogens is 238 g/mol. The highest BCUT2D eigenvalue weighted by atomic mass is 35.5. The van der Waals surface area contributed by atoms with Crippen molar-refractivity contribution in [3.8, 4) is 0 Å². The van der Waals surface area contributed by atoms with Gasteiger partial charge in [-0.15, -0.1) is 11.6 Å². The standard InChI is InChI=1S/C13H18ClNO2/c1-9-11(6-7-17-9)13(16)15-12-5-3-2-4-10(12)8-14/h6-7,10,12H,2-5,8H2,1H3,(H,15,16). The van der Waals surface area contributed by atoms with Crippen LogP contribution in [-0.2, 0) is 0 Å². The van der Waals surface area contributed by atoms with Gasteiger partial charge in [-0.2, -0.15) is 0 Å². The highest BCUT2D eigenvalue weighted by Gasteiger charge is 2.26. The number of carbonyl (C=O) groups excluding carboxylic acids is 1. The van der Waals surface area contributed by atoms with Gasteiger partial charge in [0.1, 0.15) is 5.76 Å². The van der Waals surface area contributed by atoms with Gasteiger partial charge in [0.15, 0.2) is 0 Å². The zero-order valence-corrected chi connectivity index (χ0v) is 10.8. The fraction of sp³-hybridized carbons (Fsp3) is 0.615. The lowest BCUT2D eigenvalue weighted by Gasteiger charge is -2.30. The van der Waals surface area contributed by atoms with E-state index in [-0.39, 0.29) is 11.9 Å². The molecule has 1 amide bonds. The highest BCUT2D eigenvalue weighted by Crippen LogP contribution is 2.25. The molecule has 0 aliphatic heterocycles. The van der Waals surface area contributed by atoms with Gasteiger partial charge >= 0.3 is 0 Å². The number of nitrogens with one attached hydrogen (secondary N) is 1. The van der Waals surface area contributed by atoms with Gasteiger partial charge in [-0.1, -0.05) is 12.8 Å². The van der Waals surface area contributed by atoms with Gasteiger partial charge < -0.3 is 9.73 Å². The van der Waals surface area contributed by atoms with E-state index in [1.165, 1.54) is 12.8 Å². The Hall–Kier alpha value is -0.960. The van der Waals surface area contributed by atoms with Gasteiger partial charge in [-0.25, -0.2) is 0 Å².